The largest absolute Gasteiger partial charge is 0.490 e. The van der Waals surface area contributed by atoms with E-state index in [1.165, 1.54) is 17.3 Å². The van der Waals surface area contributed by atoms with Gasteiger partial charge in [-0.25, -0.2) is 0 Å². The van der Waals surface area contributed by atoms with Gasteiger partial charge in [0.05, 0.1) is 23.1 Å². The molecule has 1 saturated heterocycles. The molecule has 5 rings (SSSR count). The van der Waals surface area contributed by atoms with Crippen molar-refractivity contribution in [3.05, 3.63) is 76.8 Å². The van der Waals surface area contributed by atoms with Gasteiger partial charge >= 0.3 is 0 Å². The maximum atomic E-state index is 12.5. The molecular weight excluding hydrogens is 422 g/mol. The first-order valence-corrected chi connectivity index (χ1v) is 11.4. The first kappa shape index (κ1) is 20.7. The fourth-order valence-corrected chi connectivity index (χ4v) is 4.64. The Hall–Kier alpha value is -3.16. The van der Waals surface area contributed by atoms with Crippen molar-refractivity contribution >= 4 is 39.8 Å². The van der Waals surface area contributed by atoms with Crippen molar-refractivity contribution < 1.29 is 14.3 Å². The number of nitrogens with one attached hydrogen (secondary N) is 1. The lowest BCUT2D eigenvalue weighted by Crippen LogP contribution is -2.20. The highest BCUT2D eigenvalue weighted by Gasteiger charge is 2.39. The number of methoxy groups -OCH3 is 1. The maximum Gasteiger partial charge on any atom is 0.264 e. The summed E-state index contributed by atoms with van der Waals surface area (Å²) in [5.41, 5.74) is 3.06. The summed E-state index contributed by atoms with van der Waals surface area (Å²) in [6, 6.07) is 18.4. The van der Waals surface area contributed by atoms with E-state index in [2.05, 4.69) is 34.6 Å². The summed E-state index contributed by atoms with van der Waals surface area (Å²) < 4.78 is 10.9. The highest BCUT2D eigenvalue weighted by Crippen LogP contribution is 2.44. The monoisotopic (exact) mass is 445 g/mol. The predicted octanol–water partition coefficient (Wildman–Crippen LogP) is 4.38. The smallest absolute Gasteiger partial charge is 0.264 e. The van der Waals surface area contributed by atoms with Crippen LogP contribution >= 0.6 is 11.8 Å². The van der Waals surface area contributed by atoms with E-state index in [0.29, 0.717) is 29.2 Å². The number of amidine groups is 1. The first-order valence-electron chi connectivity index (χ1n) is 10.6. The number of ether oxygens (including phenoxy) is 2. The van der Waals surface area contributed by atoms with Crippen molar-refractivity contribution in [2.24, 2.45) is 4.99 Å². The summed E-state index contributed by atoms with van der Waals surface area (Å²) in [6.07, 6.45) is 4.63. The SMILES string of the molecule is COCCOc1ccnc2ccc(C=C3SC(=N[C@H]4C[C@@H]4c4ccccc4)NC3=O)cc12. The fraction of sp³-hybridized carbons (Fsp3) is 0.240. The van der Waals surface area contributed by atoms with Crippen LogP contribution in [0.3, 0.4) is 0 Å². The Bertz CT molecular complexity index is 1210. The fourth-order valence-electron chi connectivity index (χ4n) is 3.76. The second-order valence-electron chi connectivity index (χ2n) is 7.75. The molecule has 1 aromatic heterocycles. The molecule has 1 aliphatic heterocycles. The van der Waals surface area contributed by atoms with Crippen LogP contribution in [0.1, 0.15) is 23.5 Å². The van der Waals surface area contributed by atoms with Crippen LogP contribution in [0.5, 0.6) is 5.75 Å². The number of aromatic nitrogens is 1. The van der Waals surface area contributed by atoms with E-state index in [4.69, 9.17) is 14.5 Å². The molecule has 1 saturated carbocycles. The van der Waals surface area contributed by atoms with Crippen LogP contribution in [0.2, 0.25) is 0 Å². The average Bonchev–Trinajstić information content (AvgIpc) is 3.50. The number of amides is 1. The van der Waals surface area contributed by atoms with Gasteiger partial charge in [0.1, 0.15) is 12.4 Å². The van der Waals surface area contributed by atoms with E-state index >= 15 is 0 Å². The van der Waals surface area contributed by atoms with Crippen LogP contribution in [-0.2, 0) is 9.53 Å². The number of rotatable bonds is 7. The topological polar surface area (TPSA) is 72.8 Å². The molecule has 3 aromatic rings. The van der Waals surface area contributed by atoms with Crippen molar-refractivity contribution in [2.45, 2.75) is 18.4 Å². The number of aliphatic imine (C=N–C) groups is 1. The van der Waals surface area contributed by atoms with Crippen LogP contribution in [0.4, 0.5) is 0 Å². The van der Waals surface area contributed by atoms with Gasteiger partial charge in [0.15, 0.2) is 5.17 Å². The van der Waals surface area contributed by atoms with Crippen LogP contribution in [0, 0.1) is 0 Å². The van der Waals surface area contributed by atoms with E-state index in [1.54, 1.807) is 13.3 Å². The lowest BCUT2D eigenvalue weighted by Gasteiger charge is -2.09. The Labute approximate surface area is 190 Å². The van der Waals surface area contributed by atoms with Crippen LogP contribution in [0.25, 0.3) is 17.0 Å². The third kappa shape index (κ3) is 4.54. The van der Waals surface area contributed by atoms with Crippen molar-refractivity contribution in [3.63, 3.8) is 0 Å². The minimum atomic E-state index is -0.117. The summed E-state index contributed by atoms with van der Waals surface area (Å²) in [7, 11) is 1.64. The second kappa shape index (κ2) is 9.14. The molecule has 6 nitrogen and oxygen atoms in total. The number of hydrogen-bond donors (Lipinski definition) is 1. The minimum Gasteiger partial charge on any atom is -0.490 e. The number of nitrogens with zero attached hydrogens (tertiary/aromatic N) is 2. The molecular formula is C25H23N3O3S. The van der Waals surface area contributed by atoms with Gasteiger partial charge in [0.2, 0.25) is 0 Å². The lowest BCUT2D eigenvalue weighted by molar-refractivity contribution is -0.115. The van der Waals surface area contributed by atoms with Crippen LogP contribution in [-0.4, -0.2) is 42.4 Å². The average molecular weight is 446 g/mol. The Morgan fingerprint density at radius 2 is 2.06 bits per heavy atom. The zero-order valence-corrected chi connectivity index (χ0v) is 18.5. The maximum absolute atomic E-state index is 12.5. The highest BCUT2D eigenvalue weighted by atomic mass is 32.2. The number of pyridine rings is 1. The van der Waals surface area contributed by atoms with Crippen LogP contribution < -0.4 is 10.1 Å². The third-order valence-electron chi connectivity index (χ3n) is 5.49. The molecule has 162 valence electrons. The number of carbonyl (C=O) groups is 1. The summed E-state index contributed by atoms with van der Waals surface area (Å²) in [5.74, 6) is 1.08. The molecule has 2 aromatic carbocycles. The molecule has 1 N–H and O–H groups in total. The van der Waals surface area contributed by atoms with E-state index in [-0.39, 0.29) is 11.9 Å². The third-order valence-corrected chi connectivity index (χ3v) is 6.41. The molecule has 1 aliphatic carbocycles. The standard InChI is InChI=1S/C25H23N3O3S/c1-30-11-12-31-22-9-10-26-20-8-7-16(13-19(20)22)14-23-24(29)28-25(32-23)27-21-15-18(21)17-5-3-2-4-6-17/h2-10,13-14,18,21H,11-12,15H2,1H3,(H,27,28,29)/t18-,21+/m1/s1. The highest BCUT2D eigenvalue weighted by molar-refractivity contribution is 8.18. The quantitative estimate of drug-likeness (QED) is 0.432. The molecule has 2 heterocycles. The van der Waals surface area contributed by atoms with Gasteiger partial charge in [-0.2, -0.15) is 0 Å². The van der Waals surface area contributed by atoms with Gasteiger partial charge < -0.3 is 14.8 Å². The Kier molecular flexibility index (Phi) is 5.92. The number of hydrogen-bond acceptors (Lipinski definition) is 6. The summed E-state index contributed by atoms with van der Waals surface area (Å²) >= 11 is 1.39. The molecule has 32 heavy (non-hydrogen) atoms. The molecule has 2 atom stereocenters. The van der Waals surface area contributed by atoms with Gasteiger partial charge in [-0.3, -0.25) is 14.8 Å². The molecule has 2 aliphatic rings. The van der Waals surface area contributed by atoms with Crippen molar-refractivity contribution in [1.82, 2.24) is 10.3 Å². The van der Waals surface area contributed by atoms with Gasteiger partial charge in [-0.15, -0.1) is 0 Å². The van der Waals surface area contributed by atoms with Gasteiger partial charge in [0, 0.05) is 24.6 Å². The lowest BCUT2D eigenvalue weighted by atomic mass is 10.1. The minimum absolute atomic E-state index is 0.117. The van der Waals surface area contributed by atoms with Crippen molar-refractivity contribution in [1.29, 1.82) is 0 Å². The first-order chi connectivity index (χ1) is 15.7. The van der Waals surface area contributed by atoms with E-state index in [0.717, 1.165) is 28.6 Å². The molecule has 0 bridgehead atoms. The number of carbonyl (C=O) groups excluding carboxylic acids is 1. The normalized spacial score (nSPS) is 22.5. The number of fused-ring (bicyclic) bond motifs is 1. The molecule has 1 amide bonds. The Morgan fingerprint density at radius 1 is 1.19 bits per heavy atom. The van der Waals surface area contributed by atoms with E-state index in [1.807, 2.05) is 36.4 Å². The summed E-state index contributed by atoms with van der Waals surface area (Å²) in [6.45, 7) is 0.975. The van der Waals surface area contributed by atoms with Gasteiger partial charge in [-0.1, -0.05) is 36.4 Å². The zero-order valence-electron chi connectivity index (χ0n) is 17.7. The Morgan fingerprint density at radius 3 is 2.91 bits per heavy atom. The summed E-state index contributed by atoms with van der Waals surface area (Å²) in [4.78, 5) is 22.3. The number of thioether (sulfide) groups is 1. The van der Waals surface area contributed by atoms with Crippen LogP contribution in [0.15, 0.2) is 70.7 Å². The Balaban J connectivity index is 1.32. The van der Waals surface area contributed by atoms with Gasteiger partial charge in [0.25, 0.3) is 5.91 Å². The zero-order chi connectivity index (χ0) is 21.9. The van der Waals surface area contributed by atoms with Crippen molar-refractivity contribution in [3.8, 4) is 5.75 Å². The molecule has 2 fully saturated rings. The van der Waals surface area contributed by atoms with Gasteiger partial charge in [-0.05, 0) is 53.6 Å². The van der Waals surface area contributed by atoms with Crippen molar-refractivity contribution in [2.75, 3.05) is 20.3 Å². The predicted molar refractivity (Wildman–Crippen MR) is 128 cm³/mol. The van der Waals surface area contributed by atoms with E-state index < -0.39 is 0 Å². The molecule has 0 unspecified atom stereocenters. The number of benzene rings is 2. The molecule has 0 radical (unpaired) electrons. The second-order valence-corrected chi connectivity index (χ2v) is 8.78. The molecule has 0 spiro atoms. The van der Waals surface area contributed by atoms with E-state index in [9.17, 15) is 4.79 Å². The summed E-state index contributed by atoms with van der Waals surface area (Å²) in [5, 5.41) is 4.48. The molecule has 7 heteroatoms.